The Balaban J connectivity index is -0.0000000595. The van der Waals surface area contributed by atoms with Crippen LogP contribution in [0.4, 0.5) is 0 Å². The summed E-state index contributed by atoms with van der Waals surface area (Å²) >= 11 is 0. The third-order valence-electron chi connectivity index (χ3n) is 6.64. The van der Waals surface area contributed by atoms with E-state index in [-0.39, 0.29) is 98.9 Å². The van der Waals surface area contributed by atoms with E-state index in [1.165, 1.54) is 116 Å². The van der Waals surface area contributed by atoms with E-state index in [0.29, 0.717) is 31.7 Å². The van der Waals surface area contributed by atoms with E-state index in [1.54, 1.807) is 0 Å². The molecule has 0 heterocycles. The summed E-state index contributed by atoms with van der Waals surface area (Å²) < 4.78 is 13.6. The van der Waals surface area contributed by atoms with Crippen LogP contribution in [0.3, 0.4) is 0 Å². The average molecular weight is 1040 g/mol. The Hall–Kier alpha value is 2.66. The van der Waals surface area contributed by atoms with E-state index in [4.69, 9.17) is 20.0 Å². The van der Waals surface area contributed by atoms with E-state index in [0.717, 1.165) is 6.42 Å². The van der Waals surface area contributed by atoms with Gasteiger partial charge >= 0.3 is 39.6 Å². The number of nitriles is 1. The van der Waals surface area contributed by atoms with Gasteiger partial charge in [0.25, 0.3) is 8.53 Å². The Morgan fingerprint density at radius 2 is 0.939 bits per heavy atom. The van der Waals surface area contributed by atoms with E-state index in [1.807, 2.05) is 27.7 Å². The molecule has 0 saturated heterocycles. The van der Waals surface area contributed by atoms with Gasteiger partial charge in [-0.05, 0) is 27.7 Å². The van der Waals surface area contributed by atoms with Crippen molar-refractivity contribution in [2.75, 3.05) is 19.8 Å². The molecule has 0 spiro atoms. The van der Waals surface area contributed by atoms with Crippen LogP contribution in [0.15, 0.2) is 0 Å². The summed E-state index contributed by atoms with van der Waals surface area (Å²) in [7, 11) is -1.08. The molecule has 4 aliphatic carbocycles. The number of hydrogen-bond donors (Lipinski definition) is 0. The second kappa shape index (κ2) is 68.6. The zero-order valence-electron chi connectivity index (χ0n) is 33.2. The first-order valence-corrected chi connectivity index (χ1v) is 19.7. The van der Waals surface area contributed by atoms with E-state index < -0.39 is 8.53 Å². The quantitative estimate of drug-likeness (QED) is 0.0999. The molecule has 4 saturated carbocycles. The Morgan fingerprint density at radius 3 is 1.12 bits per heavy atom. The molecule has 0 aromatic carbocycles. The summed E-state index contributed by atoms with van der Waals surface area (Å²) in [6, 6.07) is 2.78. The van der Waals surface area contributed by atoms with Crippen molar-refractivity contribution in [3.8, 4) is 6.07 Å². The molecule has 0 aromatic heterocycles. The molecule has 11 heteroatoms. The van der Waals surface area contributed by atoms with Crippen LogP contribution in [-0.2, 0) is 101 Å². The van der Waals surface area contributed by atoms with Crippen LogP contribution >= 0.6 is 8.53 Å². The number of nitrogens with one attached hydrogen (secondary N) is 1. The molecule has 0 aromatic rings. The molecule has 4 aliphatic rings. The summed E-state index contributed by atoms with van der Waals surface area (Å²) in [5.41, 5.74) is 6.10. The fourth-order valence-corrected chi connectivity index (χ4v) is 6.30. The van der Waals surface area contributed by atoms with Gasteiger partial charge in [0.1, 0.15) is 0 Å². The second-order valence-corrected chi connectivity index (χ2v) is 12.6. The Bertz CT molecular complexity index is 451. The van der Waals surface area contributed by atoms with Crippen LogP contribution in [0.2, 0.25) is 0 Å². The van der Waals surface area contributed by atoms with Crippen molar-refractivity contribution in [3.63, 3.8) is 0 Å². The molecule has 2 radical (unpaired) electrons. The third kappa shape index (κ3) is 62.9. The molecule has 49 heavy (non-hydrogen) atoms. The molecule has 4 fully saturated rings. The predicted molar refractivity (Wildman–Crippen MR) is 200 cm³/mol. The van der Waals surface area contributed by atoms with Crippen molar-refractivity contribution in [1.82, 2.24) is 4.67 Å². The van der Waals surface area contributed by atoms with Gasteiger partial charge in [0, 0.05) is 71.4 Å². The monoisotopic (exact) mass is 1040 g/mol. The van der Waals surface area contributed by atoms with Gasteiger partial charge in [-0.2, -0.15) is 37.4 Å². The number of hydrogen-bond acceptors (Lipinski definition) is 4. The van der Waals surface area contributed by atoms with Gasteiger partial charge in [0.2, 0.25) is 0 Å². The summed E-state index contributed by atoms with van der Waals surface area (Å²) in [4.78, 5) is 0. The Kier molecular flexibility index (Phi) is 102. The minimum atomic E-state index is -1.08. The Labute approximate surface area is 370 Å². The summed E-state index contributed by atoms with van der Waals surface area (Å²) in [6.45, 7) is 24.7. The summed E-state index contributed by atoms with van der Waals surface area (Å²) in [5, 5.41) is 8.52. The topological polar surface area (TPSA) is 69.3 Å². The SMILES string of the molecule is C1CCCC1.C1CCCC1.CC.CC.[CH-]1CCCC1.[CH-]1CCCC1.[CH2-]CCOP(OCCC#N)N(C(C)C)C(C)C.[CH2-]C[NH-].[Fe].[Fe].[V+2].[V].[W+2]. The maximum Gasteiger partial charge on any atom is 2.00 e. The first-order valence-electron chi connectivity index (χ1n) is 18.5. The fraction of sp³-hybridized carbons (Fsp3) is 0.868. The van der Waals surface area contributed by atoms with Crippen molar-refractivity contribution in [2.24, 2.45) is 0 Å². The van der Waals surface area contributed by atoms with Crippen molar-refractivity contribution in [1.29, 1.82) is 5.26 Å². The van der Waals surface area contributed by atoms with Gasteiger partial charge in [-0.1, -0.05) is 118 Å². The molecule has 0 aliphatic heterocycles. The fourth-order valence-electron chi connectivity index (χ4n) is 4.67. The maximum atomic E-state index is 8.52. The third-order valence-corrected chi connectivity index (χ3v) is 8.75. The molecule has 4 rings (SSSR count). The van der Waals surface area contributed by atoms with E-state index in [9.17, 15) is 0 Å². The zero-order valence-corrected chi connectivity index (χ0v) is 42.0. The van der Waals surface area contributed by atoms with Crippen molar-refractivity contribution < 1.29 is 101 Å². The first kappa shape index (κ1) is 72.8. The van der Waals surface area contributed by atoms with Crippen molar-refractivity contribution in [3.05, 3.63) is 32.4 Å². The van der Waals surface area contributed by atoms with Crippen molar-refractivity contribution >= 4 is 8.53 Å². The maximum absolute atomic E-state index is 8.52. The molecule has 5 nitrogen and oxygen atoms in total. The van der Waals surface area contributed by atoms with Crippen molar-refractivity contribution in [2.45, 2.75) is 196 Å². The van der Waals surface area contributed by atoms with Crippen LogP contribution in [0, 0.1) is 38.0 Å². The zero-order chi connectivity index (χ0) is 34.1. The van der Waals surface area contributed by atoms with E-state index in [2.05, 4.69) is 65.1 Å². The normalized spacial score (nSPS) is 15.0. The summed E-state index contributed by atoms with van der Waals surface area (Å²) in [5.74, 6) is 0. The van der Waals surface area contributed by atoms with Crippen LogP contribution in [0.25, 0.3) is 5.73 Å². The predicted octanol–water partition coefficient (Wildman–Crippen LogP) is 13.8. The van der Waals surface area contributed by atoms with Crippen LogP contribution in [0.1, 0.15) is 184 Å². The van der Waals surface area contributed by atoms with Gasteiger partial charge in [0.05, 0.1) is 19.1 Å². The van der Waals surface area contributed by atoms with Gasteiger partial charge in [-0.25, -0.2) is 4.67 Å². The van der Waals surface area contributed by atoms with Crippen LogP contribution in [-0.4, -0.2) is 36.5 Å². The van der Waals surface area contributed by atoms with E-state index >= 15 is 0 Å². The standard InChI is InChI=1S/C12H24N2O2P.2C5H10.2C5H9.C2H5N.2C2H6.2Fe.2V.W/c1-6-9-15-17(16-10-7-8-13)14(11(2)3)12(4)5;4*1-2-4-5-3-1;1-2-3;2*1-2;;;;;/h11-12H,1,6-7,9-10H2,2-5H3;2*1-5H2;2*1H,2-5H2;3H,1-2H2;2*1-2H3;;;;;/q-1;;;2*-1;-2;;;;;;2*+2. The average Bonchev–Trinajstić information content (AvgIpc) is 3.88. The molecule has 1 unspecified atom stereocenters. The molecular formula is C38H79Fe2N3O2PV2W-. The number of rotatable bonds is 9. The number of nitrogens with zero attached hydrogens (tertiary/aromatic N) is 2. The van der Waals surface area contributed by atoms with Crippen LogP contribution < -0.4 is 0 Å². The minimum absolute atomic E-state index is 0. The molecule has 296 valence electrons. The van der Waals surface area contributed by atoms with Crippen LogP contribution in [0.5, 0.6) is 0 Å². The first-order chi connectivity index (χ1) is 21.5. The molecule has 0 bridgehead atoms. The minimum Gasteiger partial charge on any atom is -0.704 e. The molecule has 1 N–H and O–H groups in total. The second-order valence-electron chi connectivity index (χ2n) is 11.2. The molecular weight excluding hydrogens is 959 g/mol. The largest absolute Gasteiger partial charge is 2.00 e. The Morgan fingerprint density at radius 1 is 0.673 bits per heavy atom. The van der Waals surface area contributed by atoms with Gasteiger partial charge in [-0.3, -0.25) is 6.54 Å². The smallest absolute Gasteiger partial charge is 0.704 e. The van der Waals surface area contributed by atoms with Gasteiger partial charge < -0.3 is 41.5 Å². The van der Waals surface area contributed by atoms with Gasteiger partial charge in [-0.15, -0.1) is 0 Å². The molecule has 0 amide bonds. The summed E-state index contributed by atoms with van der Waals surface area (Å²) in [6.07, 6.45) is 32.1. The van der Waals surface area contributed by atoms with Gasteiger partial charge in [0.15, 0.2) is 0 Å². The molecule has 1 atom stereocenters.